The predicted octanol–water partition coefficient (Wildman–Crippen LogP) is 4.26. The molecule has 1 unspecified atom stereocenters. The molecule has 3 nitrogen and oxygen atoms in total. The number of furan rings is 1. The van der Waals surface area contributed by atoms with Crippen molar-refractivity contribution in [2.75, 3.05) is 0 Å². The van der Waals surface area contributed by atoms with Crippen molar-refractivity contribution in [3.8, 4) is 0 Å². The fourth-order valence-corrected chi connectivity index (χ4v) is 2.37. The highest BCUT2D eigenvalue weighted by Crippen LogP contribution is 2.27. The molecule has 0 saturated heterocycles. The molecule has 0 N–H and O–H groups in total. The molecule has 3 aromatic rings. The van der Waals surface area contributed by atoms with Crippen LogP contribution in [0.2, 0.25) is 0 Å². The molecule has 0 aliphatic rings. The summed E-state index contributed by atoms with van der Waals surface area (Å²) in [5, 5.41) is -0.420. The molecular weight excluding hydrogens is 286 g/mol. The highest BCUT2D eigenvalue weighted by atomic mass is 35.5. The average Bonchev–Trinajstić information content (AvgIpc) is 2.98. The van der Waals surface area contributed by atoms with Crippen LogP contribution in [0.15, 0.2) is 35.1 Å². The molecular formula is C14H11ClF2N2O. The van der Waals surface area contributed by atoms with Gasteiger partial charge in [-0.1, -0.05) is 0 Å². The third-order valence-corrected chi connectivity index (χ3v) is 3.27. The second-order valence-corrected chi connectivity index (χ2v) is 5.21. The van der Waals surface area contributed by atoms with E-state index in [4.69, 9.17) is 16.0 Å². The minimum Gasteiger partial charge on any atom is -0.472 e. The smallest absolute Gasteiger partial charge is 0.153 e. The summed E-state index contributed by atoms with van der Waals surface area (Å²) < 4.78 is 33.9. The zero-order chi connectivity index (χ0) is 14.3. The van der Waals surface area contributed by atoms with Gasteiger partial charge in [-0.3, -0.25) is 0 Å². The lowest BCUT2D eigenvalue weighted by atomic mass is 10.2. The molecule has 0 radical (unpaired) electrons. The van der Waals surface area contributed by atoms with Crippen molar-refractivity contribution in [2.45, 2.75) is 18.8 Å². The van der Waals surface area contributed by atoms with Gasteiger partial charge in [-0.2, -0.15) is 0 Å². The molecule has 2 heterocycles. The van der Waals surface area contributed by atoms with Crippen molar-refractivity contribution in [3.63, 3.8) is 0 Å². The van der Waals surface area contributed by atoms with Gasteiger partial charge >= 0.3 is 0 Å². The number of imidazole rings is 1. The van der Waals surface area contributed by atoms with Gasteiger partial charge in [0, 0.05) is 11.6 Å². The monoisotopic (exact) mass is 296 g/mol. The normalized spacial score (nSPS) is 13.0. The number of nitrogens with zero attached hydrogens (tertiary/aromatic N) is 2. The fourth-order valence-electron chi connectivity index (χ4n) is 2.20. The van der Waals surface area contributed by atoms with Gasteiger partial charge in [0.15, 0.2) is 5.82 Å². The van der Waals surface area contributed by atoms with Crippen LogP contribution in [0, 0.1) is 11.6 Å². The van der Waals surface area contributed by atoms with Crippen LogP contribution in [0.25, 0.3) is 11.0 Å². The Bertz CT molecular complexity index is 750. The summed E-state index contributed by atoms with van der Waals surface area (Å²) in [5.74, 6) is -0.839. The number of rotatable bonds is 3. The average molecular weight is 297 g/mol. The van der Waals surface area contributed by atoms with Crippen LogP contribution in [0.4, 0.5) is 8.78 Å². The van der Waals surface area contributed by atoms with E-state index in [1.165, 1.54) is 6.07 Å². The van der Waals surface area contributed by atoms with Gasteiger partial charge in [0.2, 0.25) is 0 Å². The van der Waals surface area contributed by atoms with Crippen molar-refractivity contribution in [1.82, 2.24) is 9.55 Å². The quantitative estimate of drug-likeness (QED) is 0.676. The third-order valence-electron chi connectivity index (χ3n) is 3.08. The summed E-state index contributed by atoms with van der Waals surface area (Å²) >= 11 is 6.09. The predicted molar refractivity (Wildman–Crippen MR) is 71.7 cm³/mol. The van der Waals surface area contributed by atoms with E-state index < -0.39 is 17.0 Å². The molecule has 3 rings (SSSR count). The molecule has 1 aromatic carbocycles. The van der Waals surface area contributed by atoms with E-state index in [9.17, 15) is 8.78 Å². The summed E-state index contributed by atoms with van der Waals surface area (Å²) in [6.45, 7) is 2.13. The van der Waals surface area contributed by atoms with Crippen LogP contribution in [-0.4, -0.2) is 9.55 Å². The fraction of sp³-hybridized carbons (Fsp3) is 0.214. The third kappa shape index (κ3) is 2.18. The Kier molecular flexibility index (Phi) is 3.22. The Morgan fingerprint density at radius 1 is 1.40 bits per heavy atom. The Hall–Kier alpha value is -1.88. The maximum Gasteiger partial charge on any atom is 0.153 e. The molecule has 0 bridgehead atoms. The number of aromatic nitrogens is 2. The molecule has 20 heavy (non-hydrogen) atoms. The van der Waals surface area contributed by atoms with E-state index in [1.807, 2.05) is 0 Å². The van der Waals surface area contributed by atoms with Crippen LogP contribution in [-0.2, 0) is 6.54 Å². The first kappa shape index (κ1) is 13.1. The molecule has 0 saturated carbocycles. The van der Waals surface area contributed by atoms with Crippen molar-refractivity contribution in [2.24, 2.45) is 0 Å². The molecule has 104 valence electrons. The number of fused-ring (bicyclic) bond motifs is 1. The standard InChI is InChI=1S/C14H11ClF2N2O/c1-8(15)14-18-13-11(17)4-10(16)5-12(13)19(14)6-9-2-3-20-7-9/h2-5,7-8H,6H2,1H3. The van der Waals surface area contributed by atoms with E-state index in [0.717, 1.165) is 11.6 Å². The highest BCUT2D eigenvalue weighted by molar-refractivity contribution is 6.20. The summed E-state index contributed by atoms with van der Waals surface area (Å²) in [6.07, 6.45) is 3.11. The van der Waals surface area contributed by atoms with Crippen molar-refractivity contribution in [1.29, 1.82) is 0 Å². The molecule has 0 aliphatic carbocycles. The van der Waals surface area contributed by atoms with Crippen LogP contribution >= 0.6 is 11.6 Å². The highest BCUT2D eigenvalue weighted by Gasteiger charge is 2.18. The number of hydrogen-bond donors (Lipinski definition) is 0. The van der Waals surface area contributed by atoms with Gasteiger partial charge in [-0.05, 0) is 19.1 Å². The van der Waals surface area contributed by atoms with Crippen LogP contribution in [0.1, 0.15) is 23.7 Å². The van der Waals surface area contributed by atoms with Crippen LogP contribution in [0.3, 0.4) is 0 Å². The van der Waals surface area contributed by atoms with E-state index in [2.05, 4.69) is 4.98 Å². The van der Waals surface area contributed by atoms with Gasteiger partial charge < -0.3 is 8.98 Å². The first-order valence-corrected chi connectivity index (χ1v) is 6.50. The zero-order valence-electron chi connectivity index (χ0n) is 10.6. The Balaban J connectivity index is 2.23. The largest absolute Gasteiger partial charge is 0.472 e. The summed E-state index contributed by atoms with van der Waals surface area (Å²) in [5.41, 5.74) is 1.37. The zero-order valence-corrected chi connectivity index (χ0v) is 11.4. The molecule has 1 atom stereocenters. The first-order valence-electron chi connectivity index (χ1n) is 6.06. The van der Waals surface area contributed by atoms with Gasteiger partial charge in [-0.15, -0.1) is 11.6 Å². The lowest BCUT2D eigenvalue weighted by Crippen LogP contribution is -2.05. The van der Waals surface area contributed by atoms with Crippen molar-refractivity contribution >= 4 is 22.6 Å². The number of benzene rings is 1. The van der Waals surface area contributed by atoms with Crippen LogP contribution < -0.4 is 0 Å². The topological polar surface area (TPSA) is 31.0 Å². The molecule has 0 fully saturated rings. The Morgan fingerprint density at radius 3 is 2.85 bits per heavy atom. The SMILES string of the molecule is CC(Cl)c1nc2c(F)cc(F)cc2n1Cc1ccoc1. The second-order valence-electron chi connectivity index (χ2n) is 4.56. The number of halogens is 3. The summed E-state index contributed by atoms with van der Waals surface area (Å²) in [7, 11) is 0. The van der Waals surface area contributed by atoms with Gasteiger partial charge in [0.25, 0.3) is 0 Å². The maximum absolute atomic E-state index is 13.8. The molecule has 0 aliphatic heterocycles. The lowest BCUT2D eigenvalue weighted by Gasteiger charge is -2.09. The summed E-state index contributed by atoms with van der Waals surface area (Å²) in [6, 6.07) is 3.86. The first-order chi connectivity index (χ1) is 9.56. The molecule has 6 heteroatoms. The number of hydrogen-bond acceptors (Lipinski definition) is 2. The van der Waals surface area contributed by atoms with E-state index in [0.29, 0.717) is 17.9 Å². The molecule has 0 spiro atoms. The Morgan fingerprint density at radius 2 is 2.20 bits per heavy atom. The van der Waals surface area contributed by atoms with E-state index >= 15 is 0 Å². The Labute approximate surface area is 118 Å². The van der Waals surface area contributed by atoms with Gasteiger partial charge in [-0.25, -0.2) is 13.8 Å². The van der Waals surface area contributed by atoms with E-state index in [1.54, 1.807) is 30.1 Å². The summed E-state index contributed by atoms with van der Waals surface area (Å²) in [4.78, 5) is 4.19. The van der Waals surface area contributed by atoms with Crippen LogP contribution in [0.5, 0.6) is 0 Å². The molecule has 0 amide bonds. The second kappa shape index (κ2) is 4.90. The van der Waals surface area contributed by atoms with Gasteiger partial charge in [0.1, 0.15) is 17.2 Å². The molecule has 2 aromatic heterocycles. The van der Waals surface area contributed by atoms with Crippen molar-refractivity contribution < 1.29 is 13.2 Å². The maximum atomic E-state index is 13.8. The lowest BCUT2D eigenvalue weighted by molar-refractivity contribution is 0.561. The van der Waals surface area contributed by atoms with E-state index in [-0.39, 0.29) is 5.52 Å². The minimum absolute atomic E-state index is 0.123. The van der Waals surface area contributed by atoms with Crippen molar-refractivity contribution in [3.05, 3.63) is 53.7 Å². The number of alkyl halides is 1. The van der Waals surface area contributed by atoms with Gasteiger partial charge in [0.05, 0.1) is 30.0 Å². The minimum atomic E-state index is -0.690.